The van der Waals surface area contributed by atoms with Crippen molar-refractivity contribution in [2.75, 3.05) is 38.2 Å². The van der Waals surface area contributed by atoms with Crippen molar-refractivity contribution in [1.82, 2.24) is 9.80 Å². The minimum absolute atomic E-state index is 0.0724. The van der Waals surface area contributed by atoms with Crippen LogP contribution in [0.5, 0.6) is 0 Å². The molecule has 7 heteroatoms. The number of hydrogen-bond donors (Lipinski definition) is 1. The van der Waals surface area contributed by atoms with E-state index in [9.17, 15) is 13.2 Å². The number of nitrogens with zero attached hydrogens (tertiary/aromatic N) is 2. The number of carbonyl (C=O) groups is 1. The molecule has 2 atom stereocenters. The van der Waals surface area contributed by atoms with Gasteiger partial charge in [-0.05, 0) is 13.0 Å². The van der Waals surface area contributed by atoms with Crippen molar-refractivity contribution in [3.05, 3.63) is 0 Å². The highest BCUT2D eigenvalue weighted by atomic mass is 32.2. The summed E-state index contributed by atoms with van der Waals surface area (Å²) in [6, 6.07) is -0.235. The van der Waals surface area contributed by atoms with E-state index in [1.165, 1.54) is 0 Å². The number of hydrogen-bond acceptors (Lipinski definition) is 4. The van der Waals surface area contributed by atoms with Crippen LogP contribution in [0.3, 0.4) is 0 Å². The van der Waals surface area contributed by atoms with Crippen LogP contribution in [0.2, 0.25) is 0 Å². The van der Waals surface area contributed by atoms with Crippen LogP contribution in [-0.2, 0) is 9.84 Å². The Morgan fingerprint density at radius 1 is 1.41 bits per heavy atom. The van der Waals surface area contributed by atoms with Gasteiger partial charge >= 0.3 is 6.03 Å². The number of amides is 2. The molecule has 2 aliphatic rings. The fourth-order valence-electron chi connectivity index (χ4n) is 2.57. The van der Waals surface area contributed by atoms with Crippen molar-refractivity contribution in [2.45, 2.75) is 12.5 Å². The first kappa shape index (κ1) is 12.6. The lowest BCUT2D eigenvalue weighted by atomic mass is 10.0. The Hall–Kier alpha value is -0.820. The Morgan fingerprint density at radius 3 is 2.65 bits per heavy atom. The van der Waals surface area contributed by atoms with Gasteiger partial charge in [0, 0.05) is 32.1 Å². The van der Waals surface area contributed by atoms with E-state index in [0.29, 0.717) is 26.1 Å². The molecule has 2 unspecified atom stereocenters. The lowest BCUT2D eigenvalue weighted by Gasteiger charge is -2.40. The summed E-state index contributed by atoms with van der Waals surface area (Å²) < 4.78 is 22.9. The molecule has 2 heterocycles. The number of urea groups is 1. The van der Waals surface area contributed by atoms with Crippen LogP contribution in [0.1, 0.15) is 6.42 Å². The predicted octanol–water partition coefficient (Wildman–Crippen LogP) is -0.884. The smallest absolute Gasteiger partial charge is 0.320 e. The van der Waals surface area contributed by atoms with Crippen LogP contribution < -0.4 is 5.73 Å². The van der Waals surface area contributed by atoms with Gasteiger partial charge in [-0.3, -0.25) is 0 Å². The summed E-state index contributed by atoms with van der Waals surface area (Å²) >= 11 is 0. The predicted molar refractivity (Wildman–Crippen MR) is 64.3 cm³/mol. The van der Waals surface area contributed by atoms with E-state index in [1.54, 1.807) is 16.8 Å². The van der Waals surface area contributed by atoms with E-state index in [-0.39, 0.29) is 29.5 Å². The first-order valence-electron chi connectivity index (χ1n) is 5.85. The van der Waals surface area contributed by atoms with Crippen molar-refractivity contribution in [2.24, 2.45) is 11.7 Å². The summed E-state index contributed by atoms with van der Waals surface area (Å²) in [5.74, 6) is 0.531. The zero-order valence-electron chi connectivity index (χ0n) is 10.0. The molecule has 2 saturated heterocycles. The molecule has 98 valence electrons. The van der Waals surface area contributed by atoms with Crippen LogP contribution in [0, 0.1) is 5.92 Å². The molecule has 0 aliphatic carbocycles. The molecule has 2 rings (SSSR count). The van der Waals surface area contributed by atoms with Gasteiger partial charge in [-0.25, -0.2) is 13.2 Å². The SMILES string of the molecule is CN1CC(CN)CN(C2CCS(=O)(=O)C2)C1=O. The molecule has 0 saturated carbocycles. The number of rotatable bonds is 2. The summed E-state index contributed by atoms with van der Waals surface area (Å²) in [4.78, 5) is 15.3. The maximum absolute atomic E-state index is 12.0. The first-order valence-corrected chi connectivity index (χ1v) is 7.67. The molecule has 2 N–H and O–H groups in total. The fraction of sp³-hybridized carbons (Fsp3) is 0.900. The van der Waals surface area contributed by atoms with Gasteiger partial charge in [0.15, 0.2) is 9.84 Å². The van der Waals surface area contributed by atoms with E-state index in [1.807, 2.05) is 0 Å². The summed E-state index contributed by atoms with van der Waals surface area (Å²) in [6.07, 6.45) is 0.555. The molecule has 6 nitrogen and oxygen atoms in total. The van der Waals surface area contributed by atoms with Crippen LogP contribution in [0.4, 0.5) is 4.79 Å². The van der Waals surface area contributed by atoms with Crippen LogP contribution in [0.15, 0.2) is 0 Å². The van der Waals surface area contributed by atoms with Crippen LogP contribution in [-0.4, -0.2) is 68.5 Å². The summed E-state index contributed by atoms with van der Waals surface area (Å²) in [5, 5.41) is 0. The molecular weight excluding hydrogens is 242 g/mol. The normalized spacial score (nSPS) is 33.2. The maximum atomic E-state index is 12.0. The minimum atomic E-state index is -2.95. The highest BCUT2D eigenvalue weighted by Gasteiger charge is 2.39. The van der Waals surface area contributed by atoms with Gasteiger partial charge in [-0.15, -0.1) is 0 Å². The van der Waals surface area contributed by atoms with Crippen molar-refractivity contribution in [1.29, 1.82) is 0 Å². The monoisotopic (exact) mass is 261 g/mol. The molecule has 0 bridgehead atoms. The second kappa shape index (κ2) is 4.45. The van der Waals surface area contributed by atoms with Crippen LogP contribution >= 0.6 is 0 Å². The lowest BCUT2D eigenvalue weighted by molar-refractivity contribution is 0.0997. The van der Waals surface area contributed by atoms with Gasteiger partial charge in [0.2, 0.25) is 0 Å². The van der Waals surface area contributed by atoms with Gasteiger partial charge in [0.25, 0.3) is 0 Å². The van der Waals surface area contributed by atoms with Crippen molar-refractivity contribution >= 4 is 15.9 Å². The zero-order valence-corrected chi connectivity index (χ0v) is 10.8. The standard InChI is InChI=1S/C10H19N3O3S/c1-12-5-8(4-11)6-13(10(12)14)9-2-3-17(15,16)7-9/h8-9H,2-7,11H2,1H3. The topological polar surface area (TPSA) is 83.7 Å². The van der Waals surface area contributed by atoms with Crippen molar-refractivity contribution in [3.63, 3.8) is 0 Å². The van der Waals surface area contributed by atoms with Gasteiger partial charge in [-0.1, -0.05) is 0 Å². The van der Waals surface area contributed by atoms with E-state index in [2.05, 4.69) is 0 Å². The van der Waals surface area contributed by atoms with Gasteiger partial charge in [0.05, 0.1) is 11.5 Å². The Bertz CT molecular complexity index is 409. The molecule has 2 aliphatic heterocycles. The van der Waals surface area contributed by atoms with E-state index in [0.717, 1.165) is 0 Å². The summed E-state index contributed by atoms with van der Waals surface area (Å²) in [7, 11) is -1.22. The number of nitrogens with two attached hydrogens (primary N) is 1. The van der Waals surface area contributed by atoms with Gasteiger partial charge in [0.1, 0.15) is 0 Å². The zero-order chi connectivity index (χ0) is 12.6. The molecule has 0 aromatic heterocycles. The molecule has 2 fully saturated rings. The van der Waals surface area contributed by atoms with E-state index >= 15 is 0 Å². The van der Waals surface area contributed by atoms with Crippen molar-refractivity contribution in [3.8, 4) is 0 Å². The molecule has 2 amide bonds. The third kappa shape index (κ3) is 2.55. The number of carbonyl (C=O) groups excluding carboxylic acids is 1. The highest BCUT2D eigenvalue weighted by Crippen LogP contribution is 2.23. The molecule has 17 heavy (non-hydrogen) atoms. The average molecular weight is 261 g/mol. The third-order valence-corrected chi connectivity index (χ3v) is 5.29. The second-order valence-electron chi connectivity index (χ2n) is 4.97. The Kier molecular flexibility index (Phi) is 3.31. The van der Waals surface area contributed by atoms with Gasteiger partial charge in [-0.2, -0.15) is 0 Å². The second-order valence-corrected chi connectivity index (χ2v) is 7.20. The first-order chi connectivity index (χ1) is 7.93. The Balaban J connectivity index is 2.11. The maximum Gasteiger partial charge on any atom is 0.320 e. The molecular formula is C10H19N3O3S. The fourth-order valence-corrected chi connectivity index (χ4v) is 4.30. The Morgan fingerprint density at radius 2 is 2.12 bits per heavy atom. The van der Waals surface area contributed by atoms with E-state index < -0.39 is 9.84 Å². The molecule has 0 radical (unpaired) electrons. The van der Waals surface area contributed by atoms with Crippen molar-refractivity contribution < 1.29 is 13.2 Å². The number of sulfone groups is 1. The third-order valence-electron chi connectivity index (χ3n) is 3.54. The molecule has 0 aromatic rings. The lowest BCUT2D eigenvalue weighted by Crippen LogP contribution is -2.57. The summed E-state index contributed by atoms with van der Waals surface area (Å²) in [6.45, 7) is 1.76. The Labute approximate surface area is 102 Å². The molecule has 0 spiro atoms. The average Bonchev–Trinajstić information content (AvgIpc) is 2.62. The minimum Gasteiger partial charge on any atom is -0.330 e. The van der Waals surface area contributed by atoms with Crippen LogP contribution in [0.25, 0.3) is 0 Å². The van der Waals surface area contributed by atoms with E-state index in [4.69, 9.17) is 5.73 Å². The molecule has 0 aromatic carbocycles. The highest BCUT2D eigenvalue weighted by molar-refractivity contribution is 7.91. The quantitative estimate of drug-likeness (QED) is 0.699. The van der Waals surface area contributed by atoms with Gasteiger partial charge < -0.3 is 15.5 Å². The summed E-state index contributed by atoms with van der Waals surface area (Å²) in [5.41, 5.74) is 5.64. The largest absolute Gasteiger partial charge is 0.330 e.